The number of amides is 1. The number of rotatable bonds is 13. The van der Waals surface area contributed by atoms with Crippen molar-refractivity contribution in [2.45, 2.75) is 58.5 Å². The van der Waals surface area contributed by atoms with Gasteiger partial charge in [0.15, 0.2) is 0 Å². The van der Waals surface area contributed by atoms with Gasteiger partial charge in [-0.15, -0.1) is 0 Å². The molecule has 44 heavy (non-hydrogen) atoms. The Bertz CT molecular complexity index is 1370. The highest BCUT2D eigenvalue weighted by Crippen LogP contribution is 2.36. The van der Waals surface area contributed by atoms with E-state index in [0.29, 0.717) is 43.2 Å². The van der Waals surface area contributed by atoms with Crippen molar-refractivity contribution in [2.75, 3.05) is 59.5 Å². The minimum absolute atomic E-state index is 0.125. The third kappa shape index (κ3) is 7.85. The van der Waals surface area contributed by atoms with Crippen molar-refractivity contribution in [1.29, 1.82) is 0 Å². The van der Waals surface area contributed by atoms with Gasteiger partial charge in [0.2, 0.25) is 0 Å². The van der Waals surface area contributed by atoms with E-state index in [4.69, 9.17) is 14.2 Å². The van der Waals surface area contributed by atoms with Crippen LogP contribution in [0.4, 0.5) is 5.69 Å². The van der Waals surface area contributed by atoms with E-state index in [-0.39, 0.29) is 5.91 Å². The van der Waals surface area contributed by atoms with Gasteiger partial charge in [-0.05, 0) is 108 Å². The average Bonchev–Trinajstić information content (AvgIpc) is 3.02. The molecule has 1 aliphatic carbocycles. The second-order valence-corrected chi connectivity index (χ2v) is 11.9. The molecule has 1 heterocycles. The molecule has 0 atom stereocenters. The van der Waals surface area contributed by atoms with E-state index in [0.717, 1.165) is 64.5 Å². The SMILES string of the molecule is C=C1NC(C)=CC(OC)=C1CNC(=O)c1cc(-c2ccc(OCCOC)cc2)cc(N(CC)[C@H]2CC[C@H](N(C)C)CC2)c1C. The molecule has 0 saturated heterocycles. The molecule has 1 saturated carbocycles. The van der Waals surface area contributed by atoms with E-state index in [9.17, 15) is 4.79 Å². The lowest BCUT2D eigenvalue weighted by Crippen LogP contribution is -2.42. The number of allylic oxidation sites excluding steroid dienone is 2. The van der Waals surface area contributed by atoms with Crippen molar-refractivity contribution in [3.05, 3.63) is 82.9 Å². The van der Waals surface area contributed by atoms with Crippen LogP contribution < -0.4 is 20.3 Å². The first-order valence-corrected chi connectivity index (χ1v) is 15.7. The smallest absolute Gasteiger partial charge is 0.251 e. The zero-order chi connectivity index (χ0) is 31.8. The molecule has 1 fully saturated rings. The Morgan fingerprint density at radius 1 is 1.00 bits per heavy atom. The summed E-state index contributed by atoms with van der Waals surface area (Å²) < 4.78 is 16.5. The van der Waals surface area contributed by atoms with E-state index in [1.807, 2.05) is 31.2 Å². The van der Waals surface area contributed by atoms with E-state index in [1.54, 1.807) is 14.2 Å². The predicted molar refractivity (Wildman–Crippen MR) is 179 cm³/mol. The average molecular weight is 603 g/mol. The number of carbonyl (C=O) groups is 1. The van der Waals surface area contributed by atoms with Gasteiger partial charge < -0.3 is 34.6 Å². The van der Waals surface area contributed by atoms with Crippen molar-refractivity contribution >= 4 is 11.6 Å². The summed E-state index contributed by atoms with van der Waals surface area (Å²) in [4.78, 5) is 18.8. The maximum absolute atomic E-state index is 13.9. The van der Waals surface area contributed by atoms with Crippen LogP contribution in [0.5, 0.6) is 5.75 Å². The molecular formula is C36H50N4O4. The highest BCUT2D eigenvalue weighted by Gasteiger charge is 2.28. The van der Waals surface area contributed by atoms with Crippen LogP contribution in [-0.2, 0) is 9.47 Å². The summed E-state index contributed by atoms with van der Waals surface area (Å²) in [5.74, 6) is 1.37. The number of anilines is 1. The number of hydrogen-bond donors (Lipinski definition) is 2. The van der Waals surface area contributed by atoms with Crippen LogP contribution in [0.25, 0.3) is 11.1 Å². The van der Waals surface area contributed by atoms with Crippen LogP contribution in [0.15, 0.2) is 71.8 Å². The largest absolute Gasteiger partial charge is 0.496 e. The molecule has 0 spiro atoms. The van der Waals surface area contributed by atoms with E-state index < -0.39 is 0 Å². The lowest BCUT2D eigenvalue weighted by Gasteiger charge is -2.40. The van der Waals surface area contributed by atoms with Crippen molar-refractivity contribution in [1.82, 2.24) is 15.5 Å². The number of methoxy groups -OCH3 is 2. The van der Waals surface area contributed by atoms with E-state index in [2.05, 4.69) is 73.2 Å². The maximum Gasteiger partial charge on any atom is 0.251 e. The van der Waals surface area contributed by atoms with Gasteiger partial charge in [0.05, 0.1) is 13.7 Å². The summed E-state index contributed by atoms with van der Waals surface area (Å²) >= 11 is 0. The van der Waals surface area contributed by atoms with Crippen molar-refractivity contribution < 1.29 is 19.0 Å². The fraction of sp³-hybridized carbons (Fsp3) is 0.472. The molecule has 0 aromatic heterocycles. The third-order valence-corrected chi connectivity index (χ3v) is 8.86. The number of benzene rings is 2. The first kappa shape index (κ1) is 33.1. The van der Waals surface area contributed by atoms with Crippen molar-refractivity contribution in [2.24, 2.45) is 0 Å². The van der Waals surface area contributed by atoms with Gasteiger partial charge in [-0.25, -0.2) is 0 Å². The summed E-state index contributed by atoms with van der Waals surface area (Å²) in [6.07, 6.45) is 6.53. The Balaban J connectivity index is 1.68. The van der Waals surface area contributed by atoms with Gasteiger partial charge >= 0.3 is 0 Å². The minimum atomic E-state index is -0.125. The van der Waals surface area contributed by atoms with Crippen molar-refractivity contribution in [3.63, 3.8) is 0 Å². The van der Waals surface area contributed by atoms with Crippen LogP contribution in [0.2, 0.25) is 0 Å². The van der Waals surface area contributed by atoms with Gasteiger partial charge in [-0.3, -0.25) is 4.79 Å². The monoisotopic (exact) mass is 602 g/mol. The molecule has 4 rings (SSSR count). The Morgan fingerprint density at radius 3 is 2.30 bits per heavy atom. The summed E-state index contributed by atoms with van der Waals surface area (Å²) in [5.41, 5.74) is 7.30. The number of nitrogens with one attached hydrogen (secondary N) is 2. The summed E-state index contributed by atoms with van der Waals surface area (Å²) in [6.45, 7) is 12.6. The molecule has 8 heteroatoms. The van der Waals surface area contributed by atoms with Gasteiger partial charge in [0, 0.05) is 60.5 Å². The van der Waals surface area contributed by atoms with Gasteiger partial charge in [-0.1, -0.05) is 18.7 Å². The molecule has 2 aromatic carbocycles. The number of dihydropyridines is 1. The Morgan fingerprint density at radius 2 is 1.68 bits per heavy atom. The van der Waals surface area contributed by atoms with Crippen molar-refractivity contribution in [3.8, 4) is 16.9 Å². The molecule has 2 N–H and O–H groups in total. The number of nitrogens with zero attached hydrogens (tertiary/aromatic N) is 2. The molecule has 1 amide bonds. The molecule has 238 valence electrons. The summed E-state index contributed by atoms with van der Waals surface area (Å²) in [5, 5.41) is 6.40. The lowest BCUT2D eigenvalue weighted by molar-refractivity contribution is 0.0956. The summed E-state index contributed by atoms with van der Waals surface area (Å²) in [7, 11) is 7.66. The molecule has 0 unspecified atom stereocenters. The van der Waals surface area contributed by atoms with E-state index in [1.165, 1.54) is 12.8 Å². The van der Waals surface area contributed by atoms with Crippen LogP contribution in [-0.4, -0.2) is 77.5 Å². The highest BCUT2D eigenvalue weighted by molar-refractivity contribution is 5.99. The fourth-order valence-electron chi connectivity index (χ4n) is 6.32. The fourth-order valence-corrected chi connectivity index (χ4v) is 6.32. The zero-order valence-electron chi connectivity index (χ0n) is 27.6. The predicted octanol–water partition coefficient (Wildman–Crippen LogP) is 6.04. The number of ether oxygens (including phenoxy) is 3. The second-order valence-electron chi connectivity index (χ2n) is 11.9. The second kappa shape index (κ2) is 15.3. The third-order valence-electron chi connectivity index (χ3n) is 8.86. The number of carbonyl (C=O) groups excluding carboxylic acids is 1. The molecule has 2 aromatic rings. The van der Waals surface area contributed by atoms with Gasteiger partial charge in [0.25, 0.3) is 5.91 Å². The maximum atomic E-state index is 13.9. The van der Waals surface area contributed by atoms with Crippen LogP contribution in [0, 0.1) is 6.92 Å². The standard InChI is InChI=1S/C36H50N4O4/c1-9-40(30-14-12-29(13-15-30)39(5)6)34-22-28(27-10-16-31(17-11-27)44-19-18-42-7)21-32(25(34)3)36(41)37-23-33-26(4)38-24(2)20-35(33)43-8/h10-11,16-17,20-22,29-30,38H,4,9,12-15,18-19,23H2,1-3,5-8H3,(H,37,41)/t29-,30-. The van der Waals surface area contributed by atoms with Crippen LogP contribution in [0.3, 0.4) is 0 Å². The Kier molecular flexibility index (Phi) is 11.5. The zero-order valence-corrected chi connectivity index (χ0v) is 27.6. The quantitative estimate of drug-likeness (QED) is 0.271. The van der Waals surface area contributed by atoms with Crippen LogP contribution in [0.1, 0.15) is 55.5 Å². The topological polar surface area (TPSA) is 75.3 Å². The number of hydrogen-bond acceptors (Lipinski definition) is 7. The summed E-state index contributed by atoms with van der Waals surface area (Å²) in [6, 6.07) is 13.4. The molecule has 8 nitrogen and oxygen atoms in total. The van der Waals surface area contributed by atoms with Gasteiger partial charge in [0.1, 0.15) is 18.1 Å². The Labute approximate surface area is 263 Å². The molecule has 0 radical (unpaired) electrons. The molecule has 0 bridgehead atoms. The molecular weight excluding hydrogens is 552 g/mol. The minimum Gasteiger partial charge on any atom is -0.496 e. The highest BCUT2D eigenvalue weighted by atomic mass is 16.5. The van der Waals surface area contributed by atoms with Gasteiger partial charge in [-0.2, -0.15) is 0 Å². The first-order chi connectivity index (χ1) is 21.2. The Hall–Kier alpha value is -3.75. The molecule has 1 aliphatic heterocycles. The lowest BCUT2D eigenvalue weighted by atomic mass is 9.88. The van der Waals surface area contributed by atoms with E-state index >= 15 is 0 Å². The molecule has 2 aliphatic rings. The first-order valence-electron chi connectivity index (χ1n) is 15.7. The van der Waals surface area contributed by atoms with Crippen LogP contribution >= 0.6 is 0 Å². The normalized spacial score (nSPS) is 18.5.